The van der Waals surface area contributed by atoms with E-state index in [1.165, 1.54) is 16.6 Å². The van der Waals surface area contributed by atoms with Crippen molar-refractivity contribution in [2.75, 3.05) is 13.6 Å². The Morgan fingerprint density at radius 1 is 1.27 bits per heavy atom. The van der Waals surface area contributed by atoms with Crippen molar-refractivity contribution in [3.8, 4) is 0 Å². The minimum Gasteiger partial charge on any atom is -0.384 e. The van der Waals surface area contributed by atoms with Gasteiger partial charge in [-0.25, -0.2) is 0 Å². The first-order valence-corrected chi connectivity index (χ1v) is 9.36. The molecule has 0 radical (unpaired) electrons. The maximum absolute atomic E-state index is 11.2. The third-order valence-corrected chi connectivity index (χ3v) is 5.64. The fourth-order valence-corrected chi connectivity index (χ4v) is 4.10. The second-order valence-corrected chi connectivity index (χ2v) is 8.06. The Bertz CT molecular complexity index is 960. The molecule has 0 fully saturated rings. The lowest BCUT2D eigenvalue weighted by molar-refractivity contribution is 0.0381. The second-order valence-electron chi connectivity index (χ2n) is 7.62. The Balaban J connectivity index is 1.82. The number of aromatic nitrogens is 2. The number of likely N-dealkylation sites (N-methyl/N-ethyl adjacent to an activating group) is 1. The highest BCUT2D eigenvalue weighted by Gasteiger charge is 2.29. The van der Waals surface area contributed by atoms with Crippen molar-refractivity contribution in [3.05, 3.63) is 64.1 Å². The largest absolute Gasteiger partial charge is 0.384 e. The fraction of sp³-hybridized carbons (Fsp3) is 0.381. The van der Waals surface area contributed by atoms with Crippen LogP contribution in [0.25, 0.3) is 10.9 Å². The molecule has 0 saturated heterocycles. The number of rotatable bonds is 3. The van der Waals surface area contributed by atoms with E-state index in [-0.39, 0.29) is 0 Å². The minimum atomic E-state index is -0.997. The summed E-state index contributed by atoms with van der Waals surface area (Å²) in [5, 5.41) is 13.2. The van der Waals surface area contributed by atoms with Crippen LogP contribution < -0.4 is 0 Å². The molecule has 3 heterocycles. The Morgan fingerprint density at radius 2 is 2.08 bits per heavy atom. The van der Waals surface area contributed by atoms with Crippen LogP contribution in [-0.2, 0) is 25.1 Å². The number of fused-ring (bicyclic) bond motifs is 3. The summed E-state index contributed by atoms with van der Waals surface area (Å²) in [7, 11) is 2.14. The van der Waals surface area contributed by atoms with Gasteiger partial charge in [-0.3, -0.25) is 4.98 Å². The standard InChI is InChI=1S/C21H24ClN3O/c1-14-4-5-15(11-23-14)21(2,26)13-25-19-7-6-16(22)10-17(19)18-12-24(3)9-8-20(18)25/h4-7,10-11,26H,8-9,12-13H2,1-3H3. The zero-order valence-corrected chi connectivity index (χ0v) is 16.2. The Morgan fingerprint density at radius 3 is 2.81 bits per heavy atom. The summed E-state index contributed by atoms with van der Waals surface area (Å²) in [4.78, 5) is 6.68. The minimum absolute atomic E-state index is 0.495. The molecule has 0 spiro atoms. The highest BCUT2D eigenvalue weighted by Crippen LogP contribution is 2.35. The number of benzene rings is 1. The van der Waals surface area contributed by atoms with Crippen molar-refractivity contribution in [1.82, 2.24) is 14.5 Å². The fourth-order valence-electron chi connectivity index (χ4n) is 3.92. The first-order valence-electron chi connectivity index (χ1n) is 8.99. The lowest BCUT2D eigenvalue weighted by Gasteiger charge is -2.28. The van der Waals surface area contributed by atoms with Crippen molar-refractivity contribution < 1.29 is 5.11 Å². The number of aliphatic hydroxyl groups is 1. The summed E-state index contributed by atoms with van der Waals surface area (Å²) in [6.07, 6.45) is 2.75. The zero-order valence-electron chi connectivity index (χ0n) is 15.5. The van der Waals surface area contributed by atoms with Gasteiger partial charge in [-0.2, -0.15) is 0 Å². The van der Waals surface area contributed by atoms with E-state index in [0.717, 1.165) is 41.3 Å². The van der Waals surface area contributed by atoms with E-state index in [1.54, 1.807) is 6.20 Å². The van der Waals surface area contributed by atoms with Crippen molar-refractivity contribution in [2.24, 2.45) is 0 Å². The maximum Gasteiger partial charge on any atom is 0.106 e. The van der Waals surface area contributed by atoms with Crippen molar-refractivity contribution >= 4 is 22.5 Å². The highest BCUT2D eigenvalue weighted by atomic mass is 35.5. The molecule has 0 aliphatic carbocycles. The third-order valence-electron chi connectivity index (χ3n) is 5.41. The van der Waals surface area contributed by atoms with Crippen LogP contribution in [0.1, 0.15) is 29.4 Å². The molecule has 0 saturated carbocycles. The van der Waals surface area contributed by atoms with Gasteiger partial charge in [0.25, 0.3) is 0 Å². The summed E-state index contributed by atoms with van der Waals surface area (Å²) < 4.78 is 2.27. The first-order chi connectivity index (χ1) is 12.3. The summed E-state index contributed by atoms with van der Waals surface area (Å²) in [6, 6.07) is 9.96. The van der Waals surface area contributed by atoms with Gasteiger partial charge >= 0.3 is 0 Å². The summed E-state index contributed by atoms with van der Waals surface area (Å²) >= 11 is 6.27. The Hall–Kier alpha value is -1.88. The molecule has 1 aromatic carbocycles. The van der Waals surface area contributed by atoms with Crippen LogP contribution in [-0.4, -0.2) is 33.1 Å². The van der Waals surface area contributed by atoms with Gasteiger partial charge in [-0.1, -0.05) is 17.7 Å². The molecule has 4 nitrogen and oxygen atoms in total. The van der Waals surface area contributed by atoms with E-state index in [0.29, 0.717) is 6.54 Å². The van der Waals surface area contributed by atoms with E-state index in [9.17, 15) is 5.11 Å². The number of hydrogen-bond donors (Lipinski definition) is 1. The number of halogens is 1. The van der Waals surface area contributed by atoms with Gasteiger partial charge in [0.1, 0.15) is 5.60 Å². The molecule has 2 aromatic heterocycles. The summed E-state index contributed by atoms with van der Waals surface area (Å²) in [5.41, 5.74) is 4.56. The number of hydrogen-bond acceptors (Lipinski definition) is 3. The molecule has 136 valence electrons. The van der Waals surface area contributed by atoms with Gasteiger partial charge < -0.3 is 14.6 Å². The van der Waals surface area contributed by atoms with Crippen molar-refractivity contribution in [3.63, 3.8) is 0 Å². The average Bonchev–Trinajstić information content (AvgIpc) is 2.87. The predicted molar refractivity (Wildman–Crippen MR) is 106 cm³/mol. The molecule has 3 aromatic rings. The van der Waals surface area contributed by atoms with Gasteiger partial charge in [0.15, 0.2) is 0 Å². The monoisotopic (exact) mass is 369 g/mol. The molecule has 1 unspecified atom stereocenters. The number of nitrogens with zero attached hydrogens (tertiary/aromatic N) is 3. The van der Waals surface area contributed by atoms with Gasteiger partial charge in [0, 0.05) is 58.6 Å². The Labute approximate surface area is 159 Å². The van der Waals surface area contributed by atoms with Gasteiger partial charge in [-0.05, 0) is 50.7 Å². The van der Waals surface area contributed by atoms with Crippen molar-refractivity contribution in [2.45, 2.75) is 39.0 Å². The maximum atomic E-state index is 11.2. The molecule has 1 aliphatic rings. The average molecular weight is 370 g/mol. The molecule has 0 bridgehead atoms. The Kier molecular flexibility index (Phi) is 4.30. The normalized spacial score (nSPS) is 17.3. The summed E-state index contributed by atoms with van der Waals surface area (Å²) in [6.45, 7) is 6.24. The molecule has 1 aliphatic heterocycles. The predicted octanol–water partition coefficient (Wildman–Crippen LogP) is 3.89. The summed E-state index contributed by atoms with van der Waals surface area (Å²) in [5.74, 6) is 0. The van der Waals surface area contributed by atoms with E-state index >= 15 is 0 Å². The molecule has 26 heavy (non-hydrogen) atoms. The van der Waals surface area contributed by atoms with Crippen LogP contribution in [0.4, 0.5) is 0 Å². The highest BCUT2D eigenvalue weighted by molar-refractivity contribution is 6.31. The third kappa shape index (κ3) is 3.02. The first kappa shape index (κ1) is 17.5. The molecule has 1 atom stereocenters. The van der Waals surface area contributed by atoms with Crippen LogP contribution in [0.5, 0.6) is 0 Å². The van der Waals surface area contributed by atoms with Crippen LogP contribution in [0.2, 0.25) is 5.02 Å². The van der Waals surface area contributed by atoms with Gasteiger partial charge in [0.05, 0.1) is 6.54 Å². The molecule has 5 heteroatoms. The van der Waals surface area contributed by atoms with Crippen molar-refractivity contribution in [1.29, 1.82) is 0 Å². The lowest BCUT2D eigenvalue weighted by Crippen LogP contribution is -2.31. The van der Waals surface area contributed by atoms with Crippen LogP contribution in [0.3, 0.4) is 0 Å². The SMILES string of the molecule is Cc1ccc(C(C)(O)Cn2c3c(c4cc(Cl)ccc42)CN(C)CC3)cn1. The van der Waals surface area contributed by atoms with Gasteiger partial charge in [-0.15, -0.1) is 0 Å². The lowest BCUT2D eigenvalue weighted by atomic mass is 9.97. The quantitative estimate of drug-likeness (QED) is 0.761. The van der Waals surface area contributed by atoms with Gasteiger partial charge in [0.2, 0.25) is 0 Å². The van der Waals surface area contributed by atoms with Crippen LogP contribution in [0.15, 0.2) is 36.5 Å². The number of aryl methyl sites for hydroxylation is 1. The molecule has 1 N–H and O–H groups in total. The molecular weight excluding hydrogens is 346 g/mol. The topological polar surface area (TPSA) is 41.3 Å². The van der Waals surface area contributed by atoms with E-state index in [1.807, 2.05) is 38.1 Å². The van der Waals surface area contributed by atoms with E-state index < -0.39 is 5.60 Å². The van der Waals surface area contributed by atoms with E-state index in [4.69, 9.17) is 11.6 Å². The molecular formula is C21H24ClN3O. The molecule has 0 amide bonds. The van der Waals surface area contributed by atoms with E-state index in [2.05, 4.69) is 27.6 Å². The smallest absolute Gasteiger partial charge is 0.106 e. The molecule has 4 rings (SSSR count). The van der Waals surface area contributed by atoms with Crippen LogP contribution in [0, 0.1) is 6.92 Å². The zero-order chi connectivity index (χ0) is 18.5. The van der Waals surface area contributed by atoms with Crippen LogP contribution >= 0.6 is 11.6 Å². The number of pyridine rings is 1. The second kappa shape index (κ2) is 6.38.